The summed E-state index contributed by atoms with van der Waals surface area (Å²) in [6.07, 6.45) is -0.997. The molecule has 98 valence electrons. The maximum atomic E-state index is 11.7. The average molecular weight is 291 g/mol. The molecule has 0 radical (unpaired) electrons. The number of ether oxygens (including phenoxy) is 1. The minimum absolute atomic E-state index is 0.110. The molecule has 7 heteroatoms. The lowest BCUT2D eigenvalue weighted by atomic mass is 10.2. The van der Waals surface area contributed by atoms with E-state index in [-0.39, 0.29) is 21.7 Å². The van der Waals surface area contributed by atoms with E-state index in [9.17, 15) is 9.90 Å². The summed E-state index contributed by atoms with van der Waals surface area (Å²) >= 11 is 11.7. The number of carbonyl (C=O) groups excluding carboxylic acids is 1. The van der Waals surface area contributed by atoms with Crippen molar-refractivity contribution in [2.45, 2.75) is 20.1 Å². The van der Waals surface area contributed by atoms with Crippen molar-refractivity contribution in [3.63, 3.8) is 0 Å². The third kappa shape index (κ3) is 2.34. The van der Waals surface area contributed by atoms with E-state index in [2.05, 4.69) is 5.43 Å². The van der Waals surface area contributed by atoms with E-state index in [4.69, 9.17) is 27.9 Å². The lowest BCUT2D eigenvalue weighted by Gasteiger charge is -2.17. The van der Waals surface area contributed by atoms with Gasteiger partial charge in [0.2, 0.25) is 0 Å². The Balaban J connectivity index is 2.33. The lowest BCUT2D eigenvalue weighted by Crippen LogP contribution is -2.39. The Morgan fingerprint density at radius 3 is 2.61 bits per heavy atom. The average Bonchev–Trinajstić information content (AvgIpc) is 2.66. The topological polar surface area (TPSA) is 61.8 Å². The number of nitrogens with zero attached hydrogens (tertiary/aromatic N) is 1. The Bertz CT molecular complexity index is 493. The van der Waals surface area contributed by atoms with Gasteiger partial charge in [0, 0.05) is 12.0 Å². The summed E-state index contributed by atoms with van der Waals surface area (Å²) in [5, 5.41) is 11.1. The highest BCUT2D eigenvalue weighted by Crippen LogP contribution is 2.36. The lowest BCUT2D eigenvalue weighted by molar-refractivity contribution is 0.0993. The first-order valence-electron chi connectivity index (χ1n) is 5.35. The molecular formula is C11H12Cl2N2O3. The fourth-order valence-electron chi connectivity index (χ4n) is 1.52. The fraction of sp³-hybridized carbons (Fsp3) is 0.364. The molecule has 0 aliphatic carbocycles. The molecule has 0 spiro atoms. The number of carbonyl (C=O) groups is 1. The second kappa shape index (κ2) is 4.84. The Hall–Kier alpha value is -1.17. The van der Waals surface area contributed by atoms with Crippen LogP contribution in [0.1, 0.15) is 13.8 Å². The molecule has 2 N–H and O–H groups in total. The summed E-state index contributed by atoms with van der Waals surface area (Å²) in [5.74, 6) is -0.0442. The number of phenols is 1. The first-order valence-corrected chi connectivity index (χ1v) is 6.10. The van der Waals surface area contributed by atoms with Crippen LogP contribution in [0.3, 0.4) is 0 Å². The van der Waals surface area contributed by atoms with E-state index in [1.165, 1.54) is 12.1 Å². The Morgan fingerprint density at radius 2 is 2.06 bits per heavy atom. The molecule has 18 heavy (non-hydrogen) atoms. The number of amides is 1. The predicted molar refractivity (Wildman–Crippen MR) is 68.8 cm³/mol. The molecule has 1 aliphatic heterocycles. The largest absolute Gasteiger partial charge is 0.506 e. The van der Waals surface area contributed by atoms with E-state index in [0.717, 1.165) is 5.01 Å². The van der Waals surface area contributed by atoms with Gasteiger partial charge in [-0.3, -0.25) is 0 Å². The van der Waals surface area contributed by atoms with Gasteiger partial charge in [-0.1, -0.05) is 37.0 Å². The highest BCUT2D eigenvalue weighted by molar-refractivity contribution is 6.37. The number of hydrogen-bond acceptors (Lipinski definition) is 4. The zero-order valence-electron chi connectivity index (χ0n) is 9.78. The van der Waals surface area contributed by atoms with E-state index in [1.807, 2.05) is 13.8 Å². The summed E-state index contributed by atoms with van der Waals surface area (Å²) in [6, 6.07) is 2.67. The molecular weight excluding hydrogens is 279 g/mol. The molecule has 1 amide bonds. The number of hydrogen-bond donors (Lipinski definition) is 2. The number of phenolic OH excluding ortho intramolecular Hbond substituents is 1. The molecule has 0 aromatic heterocycles. The molecule has 1 aromatic carbocycles. The van der Waals surface area contributed by atoms with Crippen molar-refractivity contribution >= 4 is 35.0 Å². The van der Waals surface area contributed by atoms with Gasteiger partial charge in [-0.05, 0) is 6.07 Å². The number of cyclic esters (lactones) is 1. The summed E-state index contributed by atoms with van der Waals surface area (Å²) in [7, 11) is 0. The highest BCUT2D eigenvalue weighted by Gasteiger charge is 2.35. The molecule has 1 aliphatic rings. The smallest absolute Gasteiger partial charge is 0.430 e. The van der Waals surface area contributed by atoms with E-state index in [0.29, 0.717) is 5.69 Å². The molecule has 0 saturated carbocycles. The van der Waals surface area contributed by atoms with Gasteiger partial charge in [0.15, 0.2) is 6.23 Å². The van der Waals surface area contributed by atoms with Gasteiger partial charge < -0.3 is 9.84 Å². The van der Waals surface area contributed by atoms with Crippen LogP contribution in [0.15, 0.2) is 12.1 Å². The maximum Gasteiger partial charge on any atom is 0.430 e. The van der Waals surface area contributed by atoms with Crippen molar-refractivity contribution in [1.82, 2.24) is 5.43 Å². The molecule has 1 fully saturated rings. The summed E-state index contributed by atoms with van der Waals surface area (Å²) < 4.78 is 5.12. The number of rotatable bonds is 2. The minimum Gasteiger partial charge on any atom is -0.506 e. The Kier molecular flexibility index (Phi) is 3.56. The third-order valence-corrected chi connectivity index (χ3v) is 3.13. The molecule has 1 atom stereocenters. The minimum atomic E-state index is -0.572. The standard InChI is InChI=1S/C11H12Cl2N2O3/c1-5(2)10-14-15(11(17)18-10)8-4-9(16)7(13)3-6(8)12/h3-5,10,14,16H,1-2H3. The molecule has 1 saturated heterocycles. The van der Waals surface area contributed by atoms with E-state index >= 15 is 0 Å². The first kappa shape index (κ1) is 13.3. The van der Waals surface area contributed by atoms with Crippen LogP contribution in [-0.2, 0) is 4.74 Å². The number of anilines is 1. The summed E-state index contributed by atoms with van der Waals surface area (Å²) in [5.41, 5.74) is 3.16. The van der Waals surface area contributed by atoms with Gasteiger partial charge in [0.25, 0.3) is 0 Å². The van der Waals surface area contributed by atoms with Crippen LogP contribution < -0.4 is 10.4 Å². The van der Waals surface area contributed by atoms with Crippen molar-refractivity contribution < 1.29 is 14.6 Å². The van der Waals surface area contributed by atoms with Gasteiger partial charge in [-0.2, -0.15) is 5.43 Å². The van der Waals surface area contributed by atoms with Gasteiger partial charge in [-0.25, -0.2) is 9.80 Å². The normalized spacial score (nSPS) is 19.5. The Labute approximate surface area is 114 Å². The quantitative estimate of drug-likeness (QED) is 0.878. The number of benzene rings is 1. The van der Waals surface area contributed by atoms with Gasteiger partial charge >= 0.3 is 6.09 Å². The van der Waals surface area contributed by atoms with Crippen molar-refractivity contribution in [3.05, 3.63) is 22.2 Å². The van der Waals surface area contributed by atoms with Crippen LogP contribution >= 0.6 is 23.2 Å². The molecule has 1 aromatic rings. The number of halogens is 2. The van der Waals surface area contributed by atoms with Gasteiger partial charge in [-0.15, -0.1) is 0 Å². The predicted octanol–water partition coefficient (Wildman–Crippen LogP) is 3.14. The highest BCUT2D eigenvalue weighted by atomic mass is 35.5. The third-order valence-electron chi connectivity index (χ3n) is 2.53. The molecule has 0 bridgehead atoms. The molecule has 1 heterocycles. The van der Waals surface area contributed by atoms with Crippen LogP contribution in [0.2, 0.25) is 10.0 Å². The number of aromatic hydroxyl groups is 1. The van der Waals surface area contributed by atoms with E-state index < -0.39 is 12.3 Å². The SMILES string of the molecule is CC(C)C1NN(c2cc(O)c(Cl)cc2Cl)C(=O)O1. The fourth-order valence-corrected chi connectivity index (χ4v) is 1.99. The zero-order valence-corrected chi connectivity index (χ0v) is 11.3. The molecule has 5 nitrogen and oxygen atoms in total. The summed E-state index contributed by atoms with van der Waals surface area (Å²) in [6.45, 7) is 3.82. The second-order valence-electron chi connectivity index (χ2n) is 4.27. The van der Waals surface area contributed by atoms with E-state index in [1.54, 1.807) is 0 Å². The first-order chi connectivity index (χ1) is 8.40. The molecule has 2 rings (SSSR count). The monoisotopic (exact) mass is 290 g/mol. The number of hydrazine groups is 1. The summed E-state index contributed by atoms with van der Waals surface area (Å²) in [4.78, 5) is 11.7. The second-order valence-corrected chi connectivity index (χ2v) is 5.08. The van der Waals surface area contributed by atoms with Crippen LogP contribution in [-0.4, -0.2) is 17.4 Å². The van der Waals surface area contributed by atoms with Gasteiger partial charge in [0.05, 0.1) is 15.7 Å². The van der Waals surface area contributed by atoms with Crippen molar-refractivity contribution in [2.75, 3.05) is 5.01 Å². The van der Waals surface area contributed by atoms with Crippen LogP contribution in [0.25, 0.3) is 0 Å². The van der Waals surface area contributed by atoms with Crippen LogP contribution in [0.4, 0.5) is 10.5 Å². The van der Waals surface area contributed by atoms with Crippen molar-refractivity contribution in [3.8, 4) is 5.75 Å². The van der Waals surface area contributed by atoms with Crippen LogP contribution in [0.5, 0.6) is 5.75 Å². The van der Waals surface area contributed by atoms with Crippen molar-refractivity contribution in [1.29, 1.82) is 0 Å². The van der Waals surface area contributed by atoms with Crippen molar-refractivity contribution in [2.24, 2.45) is 5.92 Å². The Morgan fingerprint density at radius 1 is 1.39 bits per heavy atom. The molecule has 1 unspecified atom stereocenters. The van der Waals surface area contributed by atoms with Gasteiger partial charge in [0.1, 0.15) is 5.75 Å². The number of nitrogens with one attached hydrogen (secondary N) is 1. The zero-order chi connectivity index (χ0) is 13.4. The maximum absolute atomic E-state index is 11.7. The van der Waals surface area contributed by atoms with Crippen LogP contribution in [0, 0.1) is 5.92 Å².